The molecule has 48 heavy (non-hydrogen) atoms. The molecule has 0 bridgehead atoms. The number of fused-ring (bicyclic) bond motifs is 1. The topological polar surface area (TPSA) is 21.7 Å². The lowest BCUT2D eigenvalue weighted by atomic mass is 9.98. The Hall–Kier alpha value is -1.16. The molecule has 2 aliphatic rings. The van der Waals surface area contributed by atoms with Crippen LogP contribution in [0.4, 0.5) is 0 Å². The highest BCUT2D eigenvalue weighted by molar-refractivity contribution is 4.95. The van der Waals surface area contributed by atoms with Crippen molar-refractivity contribution in [2.75, 3.05) is 20.6 Å². The van der Waals surface area contributed by atoms with Crippen molar-refractivity contribution in [3.05, 3.63) is 48.6 Å². The third kappa shape index (κ3) is 21.8. The largest absolute Gasteiger partial charge is 0.344 e. The molecular formula is C45H81NO2. The molecule has 2 unspecified atom stereocenters. The van der Waals surface area contributed by atoms with Gasteiger partial charge in [-0.1, -0.05) is 140 Å². The van der Waals surface area contributed by atoms with Gasteiger partial charge in [-0.2, -0.15) is 0 Å². The molecule has 2 fully saturated rings. The zero-order valence-corrected chi connectivity index (χ0v) is 32.6. The van der Waals surface area contributed by atoms with E-state index in [1.807, 2.05) is 0 Å². The van der Waals surface area contributed by atoms with Crippen molar-refractivity contribution in [2.45, 2.75) is 212 Å². The van der Waals surface area contributed by atoms with Crippen LogP contribution in [0.2, 0.25) is 0 Å². The lowest BCUT2D eigenvalue weighted by Crippen LogP contribution is -2.33. The van der Waals surface area contributed by atoms with Gasteiger partial charge in [0.1, 0.15) is 0 Å². The van der Waals surface area contributed by atoms with Crippen molar-refractivity contribution in [3.63, 3.8) is 0 Å². The second kappa shape index (κ2) is 29.6. The summed E-state index contributed by atoms with van der Waals surface area (Å²) in [7, 11) is 4.38. The van der Waals surface area contributed by atoms with Crippen LogP contribution in [0, 0.1) is 5.92 Å². The summed E-state index contributed by atoms with van der Waals surface area (Å²) < 4.78 is 13.7. The van der Waals surface area contributed by atoms with Gasteiger partial charge in [0, 0.05) is 19.4 Å². The highest BCUT2D eigenvalue weighted by Crippen LogP contribution is 2.45. The van der Waals surface area contributed by atoms with Gasteiger partial charge in [-0.25, -0.2) is 0 Å². The number of hydrogen-bond acceptors (Lipinski definition) is 3. The summed E-state index contributed by atoms with van der Waals surface area (Å²) in [5.74, 6) is 0.417. The maximum atomic E-state index is 6.87. The number of rotatable bonds is 32. The van der Waals surface area contributed by atoms with Crippen LogP contribution in [-0.2, 0) is 9.47 Å². The van der Waals surface area contributed by atoms with Crippen LogP contribution in [0.5, 0.6) is 0 Å². The summed E-state index contributed by atoms with van der Waals surface area (Å²) in [5.41, 5.74) is 0. The van der Waals surface area contributed by atoms with Gasteiger partial charge in [-0.05, 0) is 110 Å². The summed E-state index contributed by atoms with van der Waals surface area (Å²) in [5, 5.41) is 0. The molecule has 3 nitrogen and oxygen atoms in total. The number of hydrogen-bond donors (Lipinski definition) is 0. The smallest absolute Gasteiger partial charge is 0.169 e. The first-order valence-corrected chi connectivity index (χ1v) is 21.2. The van der Waals surface area contributed by atoms with Crippen LogP contribution in [0.25, 0.3) is 0 Å². The number of allylic oxidation sites excluding steroid dienone is 8. The van der Waals surface area contributed by atoms with E-state index in [0.717, 1.165) is 38.1 Å². The van der Waals surface area contributed by atoms with Gasteiger partial charge in [-0.3, -0.25) is 0 Å². The van der Waals surface area contributed by atoms with Crippen LogP contribution in [0.3, 0.4) is 0 Å². The molecule has 1 heterocycles. The molecule has 0 spiro atoms. The van der Waals surface area contributed by atoms with E-state index >= 15 is 0 Å². The Morgan fingerprint density at radius 2 is 0.833 bits per heavy atom. The Bertz CT molecular complexity index is 778. The van der Waals surface area contributed by atoms with Crippen LogP contribution < -0.4 is 0 Å². The van der Waals surface area contributed by atoms with Crippen LogP contribution in [-0.4, -0.2) is 43.5 Å². The van der Waals surface area contributed by atoms with Crippen molar-refractivity contribution in [3.8, 4) is 0 Å². The quantitative estimate of drug-likeness (QED) is 0.0526. The average Bonchev–Trinajstić information content (AvgIpc) is 3.59. The molecule has 3 heteroatoms. The molecular weight excluding hydrogens is 587 g/mol. The molecule has 1 saturated heterocycles. The first-order chi connectivity index (χ1) is 23.6. The SMILES string of the molecule is CCCCC/C=C\C/C=C\CCCCCCCCC1(CCCCCCCC/C=C/C/C=C\CCCCC)O[C@H]2CC(CN(C)C)C[C@H]2O1. The van der Waals surface area contributed by atoms with E-state index in [4.69, 9.17) is 9.47 Å². The third-order valence-corrected chi connectivity index (χ3v) is 10.4. The summed E-state index contributed by atoms with van der Waals surface area (Å²) in [6.45, 7) is 5.70. The first kappa shape index (κ1) is 43.0. The maximum Gasteiger partial charge on any atom is 0.169 e. The lowest BCUT2D eigenvalue weighted by molar-refractivity contribution is -0.193. The molecule has 1 saturated carbocycles. The van der Waals surface area contributed by atoms with Crippen molar-refractivity contribution in [1.82, 2.24) is 4.90 Å². The Morgan fingerprint density at radius 3 is 1.21 bits per heavy atom. The van der Waals surface area contributed by atoms with Gasteiger partial charge >= 0.3 is 0 Å². The molecule has 0 aromatic heterocycles. The second-order valence-electron chi connectivity index (χ2n) is 15.5. The Labute approximate surface area is 300 Å². The van der Waals surface area contributed by atoms with Crippen LogP contribution in [0.1, 0.15) is 194 Å². The van der Waals surface area contributed by atoms with Gasteiger partial charge in [0.25, 0.3) is 0 Å². The Kier molecular flexibility index (Phi) is 26.5. The predicted molar refractivity (Wildman–Crippen MR) is 212 cm³/mol. The zero-order valence-electron chi connectivity index (χ0n) is 32.6. The van der Waals surface area contributed by atoms with E-state index in [1.54, 1.807) is 0 Å². The molecule has 4 atom stereocenters. The number of unbranched alkanes of at least 4 members (excludes halogenated alkanes) is 18. The molecule has 0 aromatic carbocycles. The molecule has 1 aliphatic heterocycles. The molecule has 0 N–H and O–H groups in total. The third-order valence-electron chi connectivity index (χ3n) is 10.4. The summed E-state index contributed by atoms with van der Waals surface area (Å²) in [6.07, 6.45) is 55.2. The zero-order chi connectivity index (χ0) is 34.4. The molecule has 278 valence electrons. The minimum Gasteiger partial charge on any atom is -0.344 e. The van der Waals surface area contributed by atoms with Gasteiger partial charge in [0.15, 0.2) is 5.79 Å². The maximum absolute atomic E-state index is 6.87. The Balaban J connectivity index is 1.57. The standard InChI is InChI=1S/C45H81NO2/c1-5-7-9-11-13-15-17-19-21-23-25-27-29-31-33-35-37-45(47-43-39-42(41-46(3)4)40-44(43)48-45)38-36-34-32-30-28-26-24-22-20-18-16-14-12-10-8-6-2/h13-16,19-22,42-44H,5-12,17-18,23-41H2,1-4H3/b15-13-,16-14-,21-19-,22-20+/t42?,43-,44+,45?. The predicted octanol–water partition coefficient (Wildman–Crippen LogP) is 13.8. The normalized spacial score (nSPS) is 23.0. The minimum atomic E-state index is -0.303. The van der Waals surface area contributed by atoms with Gasteiger partial charge in [-0.15, -0.1) is 0 Å². The van der Waals surface area contributed by atoms with Gasteiger partial charge in [0.05, 0.1) is 12.2 Å². The van der Waals surface area contributed by atoms with E-state index in [0.29, 0.717) is 12.2 Å². The fourth-order valence-corrected chi connectivity index (χ4v) is 7.68. The summed E-state index contributed by atoms with van der Waals surface area (Å²) in [4.78, 5) is 2.33. The van der Waals surface area contributed by atoms with Gasteiger partial charge in [0.2, 0.25) is 0 Å². The molecule has 0 radical (unpaired) electrons. The van der Waals surface area contributed by atoms with Crippen molar-refractivity contribution >= 4 is 0 Å². The fraction of sp³-hybridized carbons (Fsp3) is 0.822. The van der Waals surface area contributed by atoms with E-state index in [9.17, 15) is 0 Å². The molecule has 2 rings (SSSR count). The van der Waals surface area contributed by atoms with Crippen molar-refractivity contribution in [2.24, 2.45) is 5.92 Å². The van der Waals surface area contributed by atoms with E-state index in [2.05, 4.69) is 81.5 Å². The van der Waals surface area contributed by atoms with Crippen molar-refractivity contribution in [1.29, 1.82) is 0 Å². The van der Waals surface area contributed by atoms with Gasteiger partial charge < -0.3 is 14.4 Å². The molecule has 1 aliphatic carbocycles. The number of ether oxygens (including phenoxy) is 2. The highest BCUT2D eigenvalue weighted by Gasteiger charge is 2.50. The van der Waals surface area contributed by atoms with E-state index < -0.39 is 0 Å². The van der Waals surface area contributed by atoms with Crippen molar-refractivity contribution < 1.29 is 9.47 Å². The van der Waals surface area contributed by atoms with Crippen LogP contribution in [0.15, 0.2) is 48.6 Å². The highest BCUT2D eigenvalue weighted by atomic mass is 16.8. The van der Waals surface area contributed by atoms with E-state index in [-0.39, 0.29) is 5.79 Å². The summed E-state index contributed by atoms with van der Waals surface area (Å²) >= 11 is 0. The van der Waals surface area contributed by atoms with Crippen LogP contribution >= 0.6 is 0 Å². The fourth-order valence-electron chi connectivity index (χ4n) is 7.68. The molecule has 0 aromatic rings. The van der Waals surface area contributed by atoms with E-state index in [1.165, 1.54) is 154 Å². The Morgan fingerprint density at radius 1 is 0.479 bits per heavy atom. The monoisotopic (exact) mass is 668 g/mol. The first-order valence-electron chi connectivity index (χ1n) is 21.2. The molecule has 0 amide bonds. The number of nitrogens with zero attached hydrogens (tertiary/aromatic N) is 1. The summed E-state index contributed by atoms with van der Waals surface area (Å²) in [6, 6.07) is 0. The second-order valence-corrected chi connectivity index (χ2v) is 15.5. The lowest BCUT2D eigenvalue weighted by Gasteiger charge is -2.30. The average molecular weight is 668 g/mol. The minimum absolute atomic E-state index is 0.303.